The van der Waals surface area contributed by atoms with Gasteiger partial charge < -0.3 is 56.9 Å². The first-order chi connectivity index (χ1) is 28.6. The van der Waals surface area contributed by atoms with E-state index in [2.05, 4.69) is 22.5 Å². The van der Waals surface area contributed by atoms with E-state index >= 15 is 0 Å². The summed E-state index contributed by atoms with van der Waals surface area (Å²) < 4.78 is 0. The van der Waals surface area contributed by atoms with Gasteiger partial charge >= 0.3 is 43.1 Å². The third-order valence-corrected chi connectivity index (χ3v) is 8.40. The van der Waals surface area contributed by atoms with Crippen LogP contribution >= 0.6 is 0 Å². The van der Waals surface area contributed by atoms with Crippen LogP contribution < -0.4 is 37.2 Å². The summed E-state index contributed by atoms with van der Waals surface area (Å²) in [5, 5.41) is 61.0. The van der Waals surface area contributed by atoms with Crippen molar-refractivity contribution in [2.24, 2.45) is 0 Å². The van der Waals surface area contributed by atoms with Crippen molar-refractivity contribution in [1.29, 1.82) is 0 Å². The maximum Gasteiger partial charge on any atom is 0.475 e. The zero-order valence-electron chi connectivity index (χ0n) is 33.6. The number of nitrogens with zero attached hydrogens (tertiary/aromatic N) is 5. The monoisotopic (exact) mass is 872 g/mol. The molecular weight excluding hydrogens is 819 g/mol. The van der Waals surface area contributed by atoms with E-state index in [0.29, 0.717) is 17.7 Å². The number of hydrogen-bond donors (Lipinski definition) is 12. The highest BCUT2D eigenvalue weighted by Gasteiger charge is 2.38. The number of amides is 11. The Morgan fingerprint density at radius 3 is 1.70 bits per heavy atom. The van der Waals surface area contributed by atoms with Crippen LogP contribution in [0.5, 0.6) is 0 Å². The fraction of sp³-hybridized carbons (Fsp3) is 0.594. The molecule has 0 aliphatic carbocycles. The Hall–Kier alpha value is -6.27. The molecule has 0 spiro atoms. The largest absolute Gasteiger partial charge is 0.480 e. The van der Waals surface area contributed by atoms with E-state index in [4.69, 9.17) is 5.11 Å². The van der Waals surface area contributed by atoms with E-state index < -0.39 is 110 Å². The van der Waals surface area contributed by atoms with Crippen molar-refractivity contribution < 1.29 is 78.1 Å². The van der Waals surface area contributed by atoms with Crippen LogP contribution in [-0.2, 0) is 38.4 Å². The number of hydrogen-bond acceptors (Lipinski definition) is 17. The molecule has 0 radical (unpaired) electrons. The Kier molecular flexibility index (Phi) is 23.8. The van der Waals surface area contributed by atoms with Crippen LogP contribution in [-0.4, -0.2) is 234 Å². The number of imide groups is 3. The van der Waals surface area contributed by atoms with Gasteiger partial charge in [0, 0.05) is 52.9 Å². The maximum absolute atomic E-state index is 12.6. The van der Waals surface area contributed by atoms with Gasteiger partial charge in [0.15, 0.2) is 0 Å². The molecule has 29 heteroatoms. The standard InChI is InChI=1S/C32H53BN12O16/c1-20(29(56)45-7-4-5-21(45)33(60)61)38-32(59)42(3)25(49)16-37-31(58)40-24(48)15-36-30(57)39-23(47)14-35-22(46)13-34-6-8-43(18-27(52)53)11-12-44(19-28(54)55)10-9-41(2)17-26(50)51/h21,34,60-61H,1,4-19H2,2-3H3,(H,35,46)(H,38,59)(H,50,51)(H,52,53)(H,54,55)(H2,36,39,47,57)(H2,37,40,48,58). The molecule has 1 aliphatic rings. The number of aliphatic carboxylic acids is 3. The first-order valence-corrected chi connectivity index (χ1v) is 18.4. The minimum atomic E-state index is -1.80. The molecule has 340 valence electrons. The molecule has 1 saturated heterocycles. The van der Waals surface area contributed by atoms with Crippen LogP contribution in [0, 0.1) is 0 Å². The van der Waals surface area contributed by atoms with Crippen molar-refractivity contribution in [1.82, 2.24) is 61.7 Å². The molecule has 1 atom stereocenters. The third kappa shape index (κ3) is 22.6. The lowest BCUT2D eigenvalue weighted by atomic mass is 9.78. The van der Waals surface area contributed by atoms with E-state index in [1.807, 2.05) is 16.0 Å². The molecule has 0 aromatic rings. The summed E-state index contributed by atoms with van der Waals surface area (Å²) in [6.45, 7) is 1.04. The van der Waals surface area contributed by atoms with Gasteiger partial charge in [0.1, 0.15) is 5.70 Å². The van der Waals surface area contributed by atoms with E-state index in [9.17, 15) is 73.0 Å². The smallest absolute Gasteiger partial charge is 0.475 e. The van der Waals surface area contributed by atoms with Crippen molar-refractivity contribution in [3.05, 3.63) is 12.3 Å². The highest BCUT2D eigenvalue weighted by molar-refractivity contribution is 6.43. The average molecular weight is 873 g/mol. The zero-order valence-corrected chi connectivity index (χ0v) is 33.6. The van der Waals surface area contributed by atoms with Gasteiger partial charge in [-0.05, 0) is 19.9 Å². The first-order valence-electron chi connectivity index (χ1n) is 18.4. The Morgan fingerprint density at radius 1 is 0.656 bits per heavy atom. The molecule has 11 amide bonds. The van der Waals surface area contributed by atoms with Gasteiger partial charge in [0.2, 0.25) is 23.6 Å². The second-order valence-electron chi connectivity index (χ2n) is 13.4. The molecule has 1 heterocycles. The van der Waals surface area contributed by atoms with Gasteiger partial charge in [-0.25, -0.2) is 14.4 Å². The molecule has 1 rings (SSSR count). The number of carboxylic acids is 3. The number of carbonyl (C=O) groups excluding carboxylic acids is 8. The SMILES string of the molecule is C=C(NC(=O)N(C)C(=O)CNC(=O)NC(=O)CNC(=O)NC(=O)CNC(=O)CNCCN(CCN(CCN(C)CC(=O)O)CC(=O)O)CC(=O)O)C(=O)N1CCCC1B(O)O. The van der Waals surface area contributed by atoms with Crippen LogP contribution in [0.15, 0.2) is 12.3 Å². The quantitative estimate of drug-likeness (QED) is 0.0218. The molecule has 0 saturated carbocycles. The van der Waals surface area contributed by atoms with E-state index in [-0.39, 0.29) is 65.4 Å². The van der Waals surface area contributed by atoms with Crippen LogP contribution in [0.2, 0.25) is 0 Å². The zero-order chi connectivity index (χ0) is 46.2. The Bertz CT molecular complexity index is 1640. The van der Waals surface area contributed by atoms with E-state index in [0.717, 1.165) is 11.9 Å². The van der Waals surface area contributed by atoms with E-state index in [1.165, 1.54) is 14.7 Å². The topological polar surface area (TPSA) is 389 Å². The molecule has 1 aliphatic heterocycles. The minimum Gasteiger partial charge on any atom is -0.480 e. The fourth-order valence-corrected chi connectivity index (χ4v) is 5.28. The van der Waals surface area contributed by atoms with Crippen molar-refractivity contribution in [2.75, 3.05) is 106 Å². The molecule has 0 aromatic carbocycles. The number of nitrogens with one attached hydrogen (secondary N) is 7. The summed E-state index contributed by atoms with van der Waals surface area (Å²) in [7, 11) is 0.775. The van der Waals surface area contributed by atoms with Crippen LogP contribution in [0.25, 0.3) is 0 Å². The first kappa shape index (κ1) is 52.8. The highest BCUT2D eigenvalue weighted by atomic mass is 16.4. The number of likely N-dealkylation sites (tertiary alicyclic amines) is 1. The van der Waals surface area contributed by atoms with Crippen molar-refractivity contribution in [2.45, 2.75) is 18.8 Å². The molecule has 61 heavy (non-hydrogen) atoms. The number of urea groups is 3. The third-order valence-electron chi connectivity index (χ3n) is 8.40. The summed E-state index contributed by atoms with van der Waals surface area (Å²) in [5.41, 5.74) is -0.446. The van der Waals surface area contributed by atoms with Gasteiger partial charge in [0.25, 0.3) is 5.91 Å². The molecule has 1 unspecified atom stereocenters. The van der Waals surface area contributed by atoms with Gasteiger partial charge in [0.05, 0.1) is 51.8 Å². The lowest BCUT2D eigenvalue weighted by molar-refractivity contribution is -0.140. The summed E-state index contributed by atoms with van der Waals surface area (Å²) in [6.07, 6.45) is 0.807. The van der Waals surface area contributed by atoms with Crippen LogP contribution in [0.1, 0.15) is 12.8 Å². The van der Waals surface area contributed by atoms with Gasteiger partial charge in [-0.15, -0.1) is 0 Å². The van der Waals surface area contributed by atoms with Gasteiger partial charge in [-0.3, -0.25) is 68.6 Å². The normalized spacial score (nSPS) is 13.2. The molecule has 28 nitrogen and oxygen atoms in total. The predicted octanol–water partition coefficient (Wildman–Crippen LogP) is -7.18. The lowest BCUT2D eigenvalue weighted by Crippen LogP contribution is -2.51. The minimum absolute atomic E-state index is 0.111. The molecule has 0 aromatic heterocycles. The molecule has 0 bridgehead atoms. The Labute approximate surface area is 349 Å². The number of likely N-dealkylation sites (N-methyl/N-ethyl adjacent to an activating group) is 2. The summed E-state index contributed by atoms with van der Waals surface area (Å²) in [4.78, 5) is 137. The maximum atomic E-state index is 12.6. The Balaban J connectivity index is 2.35. The van der Waals surface area contributed by atoms with Gasteiger partial charge in [-0.1, -0.05) is 6.58 Å². The van der Waals surface area contributed by atoms with Crippen LogP contribution in [0.4, 0.5) is 14.4 Å². The number of rotatable bonds is 26. The van der Waals surface area contributed by atoms with Crippen molar-refractivity contribution in [3.63, 3.8) is 0 Å². The fourth-order valence-electron chi connectivity index (χ4n) is 5.28. The second-order valence-corrected chi connectivity index (χ2v) is 13.4. The second kappa shape index (κ2) is 27.5. The molecule has 1 fully saturated rings. The summed E-state index contributed by atoms with van der Waals surface area (Å²) >= 11 is 0. The Morgan fingerprint density at radius 2 is 1.16 bits per heavy atom. The van der Waals surface area contributed by atoms with E-state index in [1.54, 1.807) is 12.4 Å². The van der Waals surface area contributed by atoms with Crippen molar-refractivity contribution in [3.8, 4) is 0 Å². The van der Waals surface area contributed by atoms with Gasteiger partial charge in [-0.2, -0.15) is 0 Å². The van der Waals surface area contributed by atoms with Crippen LogP contribution in [0.3, 0.4) is 0 Å². The predicted molar refractivity (Wildman–Crippen MR) is 208 cm³/mol. The van der Waals surface area contributed by atoms with Crippen molar-refractivity contribution >= 4 is 72.7 Å². The summed E-state index contributed by atoms with van der Waals surface area (Å²) in [5.74, 6) is -8.74. The highest BCUT2D eigenvalue weighted by Crippen LogP contribution is 2.19. The summed E-state index contributed by atoms with van der Waals surface area (Å²) in [6, 6.07) is -3.47. The lowest BCUT2D eigenvalue weighted by Gasteiger charge is -2.27. The molecular formula is C32H53BN12O16. The number of carbonyl (C=O) groups is 11. The number of carboxylic acid groups (broad SMARTS) is 3. The average Bonchev–Trinajstić information content (AvgIpc) is 3.67. The molecule has 12 N–H and O–H groups in total.